The number of rotatable bonds is 7. The van der Waals surface area contributed by atoms with E-state index >= 15 is 0 Å². The summed E-state index contributed by atoms with van der Waals surface area (Å²) in [5, 5.41) is 12.2. The van der Waals surface area contributed by atoms with Crippen LogP contribution in [0.2, 0.25) is 0 Å². The van der Waals surface area contributed by atoms with Crippen molar-refractivity contribution >= 4 is 17.7 Å². The van der Waals surface area contributed by atoms with Crippen molar-refractivity contribution in [2.75, 3.05) is 12.3 Å². The Labute approximate surface area is 126 Å². The van der Waals surface area contributed by atoms with Gasteiger partial charge in [0.2, 0.25) is 0 Å². The van der Waals surface area contributed by atoms with Crippen LogP contribution in [0.5, 0.6) is 0 Å². The predicted octanol–water partition coefficient (Wildman–Crippen LogP) is 3.53. The lowest BCUT2D eigenvalue weighted by atomic mass is 9.87. The Balaban J connectivity index is 2.58. The number of aliphatic carboxylic acids is 1. The number of nitrogens with one attached hydrogen (secondary N) is 1. The topological polar surface area (TPSA) is 49.3 Å². The predicted molar refractivity (Wildman–Crippen MR) is 85.6 cm³/mol. The summed E-state index contributed by atoms with van der Waals surface area (Å²) in [4.78, 5) is 12.2. The van der Waals surface area contributed by atoms with Gasteiger partial charge in [-0.3, -0.25) is 4.79 Å². The second kappa shape index (κ2) is 7.70. The van der Waals surface area contributed by atoms with Crippen LogP contribution in [0.3, 0.4) is 0 Å². The van der Waals surface area contributed by atoms with Crippen LogP contribution >= 0.6 is 11.8 Å². The molecule has 2 N–H and O–H groups in total. The van der Waals surface area contributed by atoms with Crippen LogP contribution in [-0.4, -0.2) is 29.4 Å². The Bertz CT molecular complexity index is 423. The second-order valence-corrected chi connectivity index (χ2v) is 7.02. The molecule has 0 heterocycles. The fraction of sp³-hybridized carbons (Fsp3) is 0.562. The molecule has 0 aliphatic rings. The van der Waals surface area contributed by atoms with Gasteiger partial charge in [-0.25, -0.2) is 0 Å². The summed E-state index contributed by atoms with van der Waals surface area (Å²) >= 11 is 1.58. The Morgan fingerprint density at radius 1 is 1.30 bits per heavy atom. The maximum absolute atomic E-state index is 11.1. The monoisotopic (exact) mass is 295 g/mol. The van der Waals surface area contributed by atoms with E-state index in [1.165, 1.54) is 5.56 Å². The number of carbonyl (C=O) groups is 1. The zero-order chi connectivity index (χ0) is 15.2. The fourth-order valence-electron chi connectivity index (χ4n) is 1.77. The van der Waals surface area contributed by atoms with Crippen molar-refractivity contribution in [2.24, 2.45) is 0 Å². The third-order valence-electron chi connectivity index (χ3n) is 3.08. The molecular formula is C16H25NO2S. The highest BCUT2D eigenvalue weighted by Gasteiger charge is 2.17. The van der Waals surface area contributed by atoms with Gasteiger partial charge in [-0.15, -0.1) is 11.8 Å². The van der Waals surface area contributed by atoms with E-state index in [4.69, 9.17) is 5.11 Å². The molecule has 0 fully saturated rings. The van der Waals surface area contributed by atoms with Crippen LogP contribution in [0.25, 0.3) is 0 Å². The lowest BCUT2D eigenvalue weighted by molar-refractivity contribution is -0.138. The first kappa shape index (κ1) is 17.1. The molecule has 0 amide bonds. The summed E-state index contributed by atoms with van der Waals surface area (Å²) in [7, 11) is 0. The molecule has 0 saturated carbocycles. The van der Waals surface area contributed by atoms with Crippen molar-refractivity contribution < 1.29 is 9.90 Å². The summed E-state index contributed by atoms with van der Waals surface area (Å²) in [6.45, 7) is 9.32. The molecule has 1 aromatic carbocycles. The van der Waals surface area contributed by atoms with Crippen LogP contribution in [0.1, 0.15) is 39.7 Å². The highest BCUT2D eigenvalue weighted by molar-refractivity contribution is 7.99. The number of hydrogen-bond acceptors (Lipinski definition) is 3. The molecule has 1 aromatic rings. The molecule has 3 nitrogen and oxygen atoms in total. The summed E-state index contributed by atoms with van der Waals surface area (Å²) in [5.74, 6) is -0.234. The highest BCUT2D eigenvalue weighted by atomic mass is 32.2. The zero-order valence-corrected chi connectivity index (χ0v) is 13.6. The van der Waals surface area contributed by atoms with Crippen molar-refractivity contribution in [2.45, 2.75) is 50.5 Å². The first-order valence-electron chi connectivity index (χ1n) is 7.04. The molecule has 20 heavy (non-hydrogen) atoms. The summed E-state index contributed by atoms with van der Waals surface area (Å²) < 4.78 is 0. The van der Waals surface area contributed by atoms with Gasteiger partial charge in [0.15, 0.2) is 0 Å². The van der Waals surface area contributed by atoms with Gasteiger partial charge in [0.1, 0.15) is 6.04 Å². The third-order valence-corrected chi connectivity index (χ3v) is 4.18. The number of thioether (sulfide) groups is 1. The standard InChI is InChI=1S/C16H25NO2S/c1-5-10-17-14(15(18)19)11-20-13-8-6-12(7-9-13)16(2,3)4/h6-9,14,17H,5,10-11H2,1-4H3,(H,18,19). The fourth-order valence-corrected chi connectivity index (χ4v) is 2.71. The minimum absolute atomic E-state index is 0.148. The van der Waals surface area contributed by atoms with Crippen molar-refractivity contribution in [1.29, 1.82) is 0 Å². The zero-order valence-electron chi connectivity index (χ0n) is 12.8. The smallest absolute Gasteiger partial charge is 0.321 e. The van der Waals surface area contributed by atoms with E-state index in [1.807, 2.05) is 6.92 Å². The van der Waals surface area contributed by atoms with E-state index in [0.717, 1.165) is 17.9 Å². The minimum atomic E-state index is -0.780. The number of carboxylic acid groups (broad SMARTS) is 1. The maximum Gasteiger partial charge on any atom is 0.321 e. The Morgan fingerprint density at radius 2 is 1.90 bits per heavy atom. The maximum atomic E-state index is 11.1. The van der Waals surface area contributed by atoms with Gasteiger partial charge >= 0.3 is 5.97 Å². The van der Waals surface area contributed by atoms with Crippen molar-refractivity contribution in [3.63, 3.8) is 0 Å². The number of carboxylic acids is 1. The molecule has 4 heteroatoms. The molecule has 0 spiro atoms. The number of hydrogen-bond donors (Lipinski definition) is 2. The highest BCUT2D eigenvalue weighted by Crippen LogP contribution is 2.25. The average Bonchev–Trinajstić information content (AvgIpc) is 2.38. The molecular weight excluding hydrogens is 270 g/mol. The molecule has 1 rings (SSSR count). The lowest BCUT2D eigenvalue weighted by Gasteiger charge is -2.19. The van der Waals surface area contributed by atoms with Crippen LogP contribution in [0.4, 0.5) is 0 Å². The number of benzene rings is 1. The molecule has 0 aliphatic heterocycles. The van der Waals surface area contributed by atoms with E-state index in [2.05, 4.69) is 50.4 Å². The van der Waals surface area contributed by atoms with Gasteiger partial charge in [0.25, 0.3) is 0 Å². The Kier molecular flexibility index (Phi) is 6.56. The Hall–Kier alpha value is -1.00. The molecule has 112 valence electrons. The molecule has 0 aliphatic carbocycles. The molecule has 0 saturated heterocycles. The first-order chi connectivity index (χ1) is 9.34. The van der Waals surface area contributed by atoms with Gasteiger partial charge in [-0.05, 0) is 36.1 Å². The van der Waals surface area contributed by atoms with Crippen LogP contribution in [0.15, 0.2) is 29.2 Å². The molecule has 1 atom stereocenters. The third kappa shape index (κ3) is 5.55. The van der Waals surface area contributed by atoms with E-state index in [-0.39, 0.29) is 5.41 Å². The van der Waals surface area contributed by atoms with Crippen LogP contribution in [0, 0.1) is 0 Å². The van der Waals surface area contributed by atoms with Crippen LogP contribution < -0.4 is 5.32 Å². The van der Waals surface area contributed by atoms with Gasteiger partial charge in [-0.2, -0.15) is 0 Å². The summed E-state index contributed by atoms with van der Waals surface area (Å²) in [6.07, 6.45) is 0.939. The van der Waals surface area contributed by atoms with Gasteiger partial charge in [-0.1, -0.05) is 39.8 Å². The quantitative estimate of drug-likeness (QED) is 0.756. The first-order valence-corrected chi connectivity index (χ1v) is 8.02. The largest absolute Gasteiger partial charge is 0.480 e. The van der Waals surface area contributed by atoms with Crippen LogP contribution in [-0.2, 0) is 10.2 Å². The summed E-state index contributed by atoms with van der Waals surface area (Å²) in [6, 6.07) is 7.91. The second-order valence-electron chi connectivity index (χ2n) is 5.93. The van der Waals surface area contributed by atoms with Gasteiger partial charge in [0, 0.05) is 10.6 Å². The average molecular weight is 295 g/mol. The lowest BCUT2D eigenvalue weighted by Crippen LogP contribution is -2.39. The van der Waals surface area contributed by atoms with Gasteiger partial charge < -0.3 is 10.4 Å². The van der Waals surface area contributed by atoms with E-state index in [1.54, 1.807) is 11.8 Å². The van der Waals surface area contributed by atoms with E-state index in [9.17, 15) is 4.79 Å². The van der Waals surface area contributed by atoms with Crippen molar-refractivity contribution in [1.82, 2.24) is 5.32 Å². The summed E-state index contributed by atoms with van der Waals surface area (Å²) in [5.41, 5.74) is 1.44. The van der Waals surface area contributed by atoms with E-state index < -0.39 is 12.0 Å². The van der Waals surface area contributed by atoms with Crippen molar-refractivity contribution in [3.05, 3.63) is 29.8 Å². The molecule has 0 bridgehead atoms. The normalized spacial score (nSPS) is 13.2. The van der Waals surface area contributed by atoms with Crippen molar-refractivity contribution in [3.8, 4) is 0 Å². The molecule has 0 aromatic heterocycles. The van der Waals surface area contributed by atoms with E-state index in [0.29, 0.717) is 5.75 Å². The van der Waals surface area contributed by atoms with Gasteiger partial charge in [0.05, 0.1) is 0 Å². The SMILES string of the molecule is CCCNC(CSc1ccc(C(C)(C)C)cc1)C(=O)O. The Morgan fingerprint density at radius 3 is 2.35 bits per heavy atom. The molecule has 0 radical (unpaired) electrons. The minimum Gasteiger partial charge on any atom is -0.480 e. The molecule has 1 unspecified atom stereocenters.